The lowest BCUT2D eigenvalue weighted by Crippen LogP contribution is -2.01. The van der Waals surface area contributed by atoms with E-state index in [2.05, 4.69) is 15.5 Å². The van der Waals surface area contributed by atoms with Gasteiger partial charge in [0.25, 0.3) is 0 Å². The normalized spacial score (nSPS) is 10.9. The fourth-order valence-corrected chi connectivity index (χ4v) is 3.10. The third-order valence-electron chi connectivity index (χ3n) is 3.48. The summed E-state index contributed by atoms with van der Waals surface area (Å²) in [5, 5.41) is 7.50. The van der Waals surface area contributed by atoms with Crippen molar-refractivity contribution in [2.24, 2.45) is 5.10 Å². The zero-order chi connectivity index (χ0) is 19.2. The van der Waals surface area contributed by atoms with Crippen LogP contribution in [0.25, 0.3) is 0 Å². The van der Waals surface area contributed by atoms with E-state index in [0.29, 0.717) is 39.1 Å². The van der Waals surface area contributed by atoms with Gasteiger partial charge in [-0.15, -0.1) is 11.3 Å². The fraction of sp³-hybridized carbons (Fsp3) is 0.111. The Morgan fingerprint density at radius 1 is 1.26 bits per heavy atom. The van der Waals surface area contributed by atoms with Gasteiger partial charge >= 0.3 is 0 Å². The molecule has 1 heterocycles. The van der Waals surface area contributed by atoms with Gasteiger partial charge in [0.1, 0.15) is 12.4 Å². The van der Waals surface area contributed by atoms with E-state index in [0.717, 1.165) is 11.1 Å². The Labute approximate surface area is 170 Å². The smallest absolute Gasteiger partial charge is 0.205 e. The van der Waals surface area contributed by atoms with Gasteiger partial charge in [0.05, 0.1) is 23.4 Å². The first kappa shape index (κ1) is 19.3. The summed E-state index contributed by atoms with van der Waals surface area (Å²) in [6.07, 6.45) is 1.63. The van der Waals surface area contributed by atoms with E-state index in [1.807, 2.05) is 24.3 Å². The highest BCUT2D eigenvalue weighted by Crippen LogP contribution is 2.31. The van der Waals surface area contributed by atoms with Gasteiger partial charge < -0.3 is 15.2 Å². The molecule has 0 spiro atoms. The van der Waals surface area contributed by atoms with E-state index >= 15 is 0 Å². The number of hydrogen-bond donors (Lipinski definition) is 2. The number of ether oxygens (including phenoxy) is 2. The van der Waals surface area contributed by atoms with Crippen LogP contribution in [0.2, 0.25) is 10.0 Å². The SMILES string of the molecule is COc1cccc(C=NNc2nc(N)cs2)c1OCc1ccc(Cl)c(Cl)c1. The molecule has 0 radical (unpaired) electrons. The summed E-state index contributed by atoms with van der Waals surface area (Å²) in [5.74, 6) is 1.61. The van der Waals surface area contributed by atoms with Crippen molar-refractivity contribution < 1.29 is 9.47 Å². The minimum absolute atomic E-state index is 0.300. The van der Waals surface area contributed by atoms with Crippen LogP contribution in [-0.4, -0.2) is 18.3 Å². The molecule has 0 aliphatic heterocycles. The molecule has 3 aromatic rings. The third-order valence-corrected chi connectivity index (χ3v) is 4.99. The monoisotopic (exact) mass is 422 g/mol. The number of thiazole rings is 1. The number of methoxy groups -OCH3 is 1. The summed E-state index contributed by atoms with van der Waals surface area (Å²) < 4.78 is 11.4. The number of aromatic nitrogens is 1. The number of nitrogen functional groups attached to an aromatic ring is 1. The number of nitrogens with one attached hydrogen (secondary N) is 1. The number of hydrazone groups is 1. The van der Waals surface area contributed by atoms with Crippen LogP contribution < -0.4 is 20.6 Å². The molecule has 9 heteroatoms. The van der Waals surface area contributed by atoms with Crippen molar-refractivity contribution in [3.63, 3.8) is 0 Å². The van der Waals surface area contributed by atoms with Crippen molar-refractivity contribution in [2.75, 3.05) is 18.3 Å². The molecule has 3 rings (SSSR count). The Balaban J connectivity index is 1.77. The first-order valence-corrected chi connectivity index (χ1v) is 9.44. The highest BCUT2D eigenvalue weighted by Gasteiger charge is 2.10. The quantitative estimate of drug-likeness (QED) is 0.410. The molecule has 0 saturated heterocycles. The van der Waals surface area contributed by atoms with Crippen molar-refractivity contribution in [3.8, 4) is 11.5 Å². The van der Waals surface area contributed by atoms with E-state index in [1.54, 1.807) is 30.8 Å². The molecule has 1 aromatic heterocycles. The summed E-state index contributed by atoms with van der Waals surface area (Å²) >= 11 is 13.4. The molecule has 0 unspecified atom stereocenters. The summed E-state index contributed by atoms with van der Waals surface area (Å²) in [7, 11) is 1.58. The molecule has 0 aliphatic carbocycles. The van der Waals surface area contributed by atoms with Crippen molar-refractivity contribution in [3.05, 3.63) is 63.0 Å². The maximum atomic E-state index is 6.06. The summed E-state index contributed by atoms with van der Waals surface area (Å²) in [4.78, 5) is 4.08. The van der Waals surface area contributed by atoms with Crippen molar-refractivity contribution in [1.82, 2.24) is 4.98 Å². The Morgan fingerprint density at radius 3 is 2.81 bits per heavy atom. The first-order chi connectivity index (χ1) is 13.1. The van der Waals surface area contributed by atoms with Gasteiger partial charge in [0.2, 0.25) is 5.13 Å². The molecule has 0 fully saturated rings. The number of anilines is 2. The van der Waals surface area contributed by atoms with Gasteiger partial charge in [-0.1, -0.05) is 35.3 Å². The standard InChI is InChI=1S/C18H16Cl2N4O2S/c1-25-15-4-2-3-12(8-22-24-18-23-16(21)10-27-18)17(15)26-9-11-5-6-13(19)14(20)7-11/h2-8,10H,9,21H2,1H3,(H,23,24). The molecule has 0 bridgehead atoms. The highest BCUT2D eigenvalue weighted by atomic mass is 35.5. The number of halogens is 2. The molecule has 3 N–H and O–H groups in total. The lowest BCUT2D eigenvalue weighted by molar-refractivity contribution is 0.284. The highest BCUT2D eigenvalue weighted by molar-refractivity contribution is 7.14. The minimum Gasteiger partial charge on any atom is -0.493 e. The van der Waals surface area contributed by atoms with Gasteiger partial charge in [-0.05, 0) is 29.8 Å². The Kier molecular flexibility index (Phi) is 6.39. The third kappa shape index (κ3) is 5.03. The van der Waals surface area contributed by atoms with Gasteiger partial charge in [-0.2, -0.15) is 5.10 Å². The van der Waals surface area contributed by atoms with Crippen molar-refractivity contribution >= 4 is 51.7 Å². The van der Waals surface area contributed by atoms with Crippen molar-refractivity contribution in [1.29, 1.82) is 0 Å². The van der Waals surface area contributed by atoms with Crippen LogP contribution in [0.4, 0.5) is 10.9 Å². The Morgan fingerprint density at radius 2 is 2.11 bits per heavy atom. The Hall–Kier alpha value is -2.48. The van der Waals surface area contributed by atoms with Crippen LogP contribution in [0.5, 0.6) is 11.5 Å². The molecule has 2 aromatic carbocycles. The predicted octanol–water partition coefficient (Wildman–Crippen LogP) is 5.07. The molecular formula is C18H16Cl2N4O2S. The molecule has 6 nitrogen and oxygen atoms in total. The van der Waals surface area contributed by atoms with Crippen LogP contribution in [0.3, 0.4) is 0 Å². The second kappa shape index (κ2) is 8.94. The molecular weight excluding hydrogens is 407 g/mol. The van der Waals surface area contributed by atoms with Crippen LogP contribution in [0.15, 0.2) is 46.9 Å². The van der Waals surface area contributed by atoms with Crippen LogP contribution in [0, 0.1) is 0 Å². The summed E-state index contributed by atoms with van der Waals surface area (Å²) in [5.41, 5.74) is 10.1. The van der Waals surface area contributed by atoms with Crippen LogP contribution in [0.1, 0.15) is 11.1 Å². The predicted molar refractivity (Wildman–Crippen MR) is 112 cm³/mol. The maximum Gasteiger partial charge on any atom is 0.205 e. The molecule has 0 amide bonds. The molecule has 0 saturated carbocycles. The first-order valence-electron chi connectivity index (χ1n) is 7.80. The number of benzene rings is 2. The second-order valence-corrected chi connectivity index (χ2v) is 7.04. The topological polar surface area (TPSA) is 81.8 Å². The number of nitrogens with two attached hydrogens (primary N) is 1. The molecule has 27 heavy (non-hydrogen) atoms. The zero-order valence-electron chi connectivity index (χ0n) is 14.3. The Bertz CT molecular complexity index is 962. The maximum absolute atomic E-state index is 6.06. The average Bonchev–Trinajstić information content (AvgIpc) is 3.08. The zero-order valence-corrected chi connectivity index (χ0v) is 16.6. The van der Waals surface area contributed by atoms with E-state index in [9.17, 15) is 0 Å². The molecule has 0 aliphatic rings. The van der Waals surface area contributed by atoms with E-state index < -0.39 is 0 Å². The van der Waals surface area contributed by atoms with Crippen molar-refractivity contribution in [2.45, 2.75) is 6.61 Å². The molecule has 0 atom stereocenters. The largest absolute Gasteiger partial charge is 0.493 e. The fourth-order valence-electron chi connectivity index (χ4n) is 2.23. The van der Waals surface area contributed by atoms with Crippen LogP contribution in [-0.2, 0) is 6.61 Å². The van der Waals surface area contributed by atoms with E-state index in [4.69, 9.17) is 38.4 Å². The van der Waals surface area contributed by atoms with E-state index in [-0.39, 0.29) is 0 Å². The van der Waals surface area contributed by atoms with Crippen LogP contribution >= 0.6 is 34.5 Å². The number of nitrogens with zero attached hydrogens (tertiary/aromatic N) is 2. The summed E-state index contributed by atoms with van der Waals surface area (Å²) in [6, 6.07) is 10.9. The number of para-hydroxylation sites is 1. The molecule has 140 valence electrons. The average molecular weight is 423 g/mol. The minimum atomic E-state index is 0.300. The lowest BCUT2D eigenvalue weighted by Gasteiger charge is -2.13. The number of rotatable bonds is 7. The van der Waals surface area contributed by atoms with Gasteiger partial charge in [-0.3, -0.25) is 5.43 Å². The summed E-state index contributed by atoms with van der Waals surface area (Å²) in [6.45, 7) is 0.300. The van der Waals surface area contributed by atoms with Gasteiger partial charge in [0.15, 0.2) is 11.5 Å². The van der Waals surface area contributed by atoms with E-state index in [1.165, 1.54) is 11.3 Å². The number of hydrogen-bond acceptors (Lipinski definition) is 7. The van der Waals surface area contributed by atoms with Gasteiger partial charge in [-0.25, -0.2) is 4.98 Å². The lowest BCUT2D eigenvalue weighted by atomic mass is 10.2. The van der Waals surface area contributed by atoms with Gasteiger partial charge in [0, 0.05) is 10.9 Å². The second-order valence-electron chi connectivity index (χ2n) is 5.36.